The number of carboxylic acids is 1. The summed E-state index contributed by atoms with van der Waals surface area (Å²) in [4.78, 5) is 22.4. The SMILES string of the molecule is C/C(=C/CO)CC[C@H]1[C@H](COC(=O)CCC(=O)O)CCC2C=CCC[C@@H]21. The molecule has 0 aliphatic heterocycles. The molecule has 5 nitrogen and oxygen atoms in total. The van der Waals surface area contributed by atoms with Crippen LogP contribution in [0.25, 0.3) is 0 Å². The van der Waals surface area contributed by atoms with E-state index in [2.05, 4.69) is 19.1 Å². The van der Waals surface area contributed by atoms with Gasteiger partial charge in [0, 0.05) is 0 Å². The predicted molar refractivity (Wildman–Crippen MR) is 99.5 cm³/mol. The third-order valence-corrected chi connectivity index (χ3v) is 5.94. The van der Waals surface area contributed by atoms with Gasteiger partial charge in [-0.05, 0) is 69.1 Å². The smallest absolute Gasteiger partial charge is 0.306 e. The summed E-state index contributed by atoms with van der Waals surface area (Å²) < 4.78 is 5.42. The summed E-state index contributed by atoms with van der Waals surface area (Å²) in [5.41, 5.74) is 1.21. The number of aliphatic carboxylic acids is 1. The summed E-state index contributed by atoms with van der Waals surface area (Å²) in [6.45, 7) is 2.53. The largest absolute Gasteiger partial charge is 0.481 e. The van der Waals surface area contributed by atoms with Crippen LogP contribution in [0.2, 0.25) is 0 Å². The van der Waals surface area contributed by atoms with E-state index >= 15 is 0 Å². The Morgan fingerprint density at radius 2 is 2.00 bits per heavy atom. The number of aliphatic hydroxyl groups excluding tert-OH is 1. The molecule has 26 heavy (non-hydrogen) atoms. The number of hydrogen-bond donors (Lipinski definition) is 2. The number of allylic oxidation sites excluding steroid dienone is 3. The van der Waals surface area contributed by atoms with Gasteiger partial charge in [-0.25, -0.2) is 0 Å². The quantitative estimate of drug-likeness (QED) is 0.481. The molecule has 0 aromatic heterocycles. The van der Waals surface area contributed by atoms with E-state index in [9.17, 15) is 9.59 Å². The second-order valence-electron chi connectivity index (χ2n) is 7.68. The van der Waals surface area contributed by atoms with Gasteiger partial charge in [0.1, 0.15) is 0 Å². The first-order valence-corrected chi connectivity index (χ1v) is 9.81. The van der Waals surface area contributed by atoms with Crippen LogP contribution < -0.4 is 0 Å². The highest BCUT2D eigenvalue weighted by atomic mass is 16.5. The first-order valence-electron chi connectivity index (χ1n) is 9.81. The minimum Gasteiger partial charge on any atom is -0.481 e. The van der Waals surface area contributed by atoms with E-state index in [0.29, 0.717) is 30.3 Å². The molecule has 1 unspecified atom stereocenters. The van der Waals surface area contributed by atoms with Gasteiger partial charge in [-0.1, -0.05) is 23.8 Å². The monoisotopic (exact) mass is 364 g/mol. The molecule has 4 atom stereocenters. The highest BCUT2D eigenvalue weighted by molar-refractivity contribution is 5.76. The highest BCUT2D eigenvalue weighted by Crippen LogP contribution is 2.46. The van der Waals surface area contributed by atoms with Crippen molar-refractivity contribution in [3.8, 4) is 0 Å². The third-order valence-electron chi connectivity index (χ3n) is 5.94. The topological polar surface area (TPSA) is 83.8 Å². The fraction of sp³-hybridized carbons (Fsp3) is 0.714. The summed E-state index contributed by atoms with van der Waals surface area (Å²) in [5.74, 6) is 0.744. The zero-order chi connectivity index (χ0) is 18.9. The minimum absolute atomic E-state index is 0.0557. The Labute approximate surface area is 156 Å². The number of hydrogen-bond acceptors (Lipinski definition) is 4. The van der Waals surface area contributed by atoms with Gasteiger partial charge in [0.25, 0.3) is 0 Å². The summed E-state index contributed by atoms with van der Waals surface area (Å²) >= 11 is 0. The van der Waals surface area contributed by atoms with E-state index < -0.39 is 11.9 Å². The van der Waals surface area contributed by atoms with E-state index in [4.69, 9.17) is 14.9 Å². The summed E-state index contributed by atoms with van der Waals surface area (Å²) in [5, 5.41) is 17.7. The van der Waals surface area contributed by atoms with Crippen LogP contribution in [-0.4, -0.2) is 35.4 Å². The molecular weight excluding hydrogens is 332 g/mol. The molecule has 0 amide bonds. The van der Waals surface area contributed by atoms with Crippen molar-refractivity contribution in [2.24, 2.45) is 23.7 Å². The number of aliphatic hydroxyl groups is 1. The zero-order valence-corrected chi connectivity index (χ0v) is 15.7. The number of esters is 1. The Balaban J connectivity index is 1.95. The number of fused-ring (bicyclic) bond motifs is 1. The molecule has 1 fully saturated rings. The first-order chi connectivity index (χ1) is 12.5. The summed E-state index contributed by atoms with van der Waals surface area (Å²) in [6.07, 6.45) is 12.8. The molecule has 0 spiro atoms. The lowest BCUT2D eigenvalue weighted by molar-refractivity contribution is -0.150. The van der Waals surface area contributed by atoms with Crippen LogP contribution in [-0.2, 0) is 14.3 Å². The van der Waals surface area contributed by atoms with Crippen molar-refractivity contribution in [2.75, 3.05) is 13.2 Å². The van der Waals surface area contributed by atoms with Crippen molar-refractivity contribution in [2.45, 2.75) is 58.3 Å². The molecule has 0 radical (unpaired) electrons. The molecule has 2 rings (SSSR count). The van der Waals surface area contributed by atoms with Crippen molar-refractivity contribution < 1.29 is 24.5 Å². The maximum Gasteiger partial charge on any atom is 0.306 e. The maximum atomic E-state index is 11.8. The Bertz CT molecular complexity index is 537. The Morgan fingerprint density at radius 3 is 2.73 bits per heavy atom. The molecule has 0 bridgehead atoms. The number of carboxylic acid groups (broad SMARTS) is 1. The second-order valence-corrected chi connectivity index (χ2v) is 7.68. The van der Waals surface area contributed by atoms with Crippen LogP contribution in [0.3, 0.4) is 0 Å². The lowest BCUT2D eigenvalue weighted by Crippen LogP contribution is -2.37. The maximum absolute atomic E-state index is 11.8. The van der Waals surface area contributed by atoms with Gasteiger partial charge >= 0.3 is 11.9 Å². The first kappa shape index (κ1) is 20.7. The van der Waals surface area contributed by atoms with Crippen molar-refractivity contribution in [3.63, 3.8) is 0 Å². The summed E-state index contributed by atoms with van der Waals surface area (Å²) in [6, 6.07) is 0. The fourth-order valence-electron chi connectivity index (χ4n) is 4.52. The standard InChI is InChI=1S/C21H32O5/c1-15(12-13-22)6-9-19-17(14-26-21(25)11-10-20(23)24)8-7-16-4-2-3-5-18(16)19/h2,4,12,16-19,22H,3,5-11,13-14H2,1H3,(H,23,24)/b15-12-/t16?,17-,18-,19-/m0/s1. The number of carbonyl (C=O) groups is 2. The molecule has 0 heterocycles. The third kappa shape index (κ3) is 6.27. The van der Waals surface area contributed by atoms with Crippen LogP contribution in [0, 0.1) is 23.7 Å². The van der Waals surface area contributed by atoms with Crippen molar-refractivity contribution >= 4 is 11.9 Å². The van der Waals surface area contributed by atoms with Gasteiger partial charge < -0.3 is 14.9 Å². The van der Waals surface area contributed by atoms with E-state index in [1.165, 1.54) is 12.0 Å². The van der Waals surface area contributed by atoms with E-state index in [1.54, 1.807) is 0 Å². The number of rotatable bonds is 9. The van der Waals surface area contributed by atoms with Crippen LogP contribution in [0.1, 0.15) is 58.3 Å². The fourth-order valence-corrected chi connectivity index (χ4v) is 4.52. The van der Waals surface area contributed by atoms with Crippen LogP contribution in [0.4, 0.5) is 0 Å². The van der Waals surface area contributed by atoms with Crippen LogP contribution in [0.5, 0.6) is 0 Å². The van der Waals surface area contributed by atoms with Crippen LogP contribution >= 0.6 is 0 Å². The molecule has 146 valence electrons. The molecule has 5 heteroatoms. The van der Waals surface area contributed by atoms with Crippen LogP contribution in [0.15, 0.2) is 23.8 Å². The minimum atomic E-state index is -0.972. The van der Waals surface area contributed by atoms with Gasteiger partial charge in [-0.2, -0.15) is 0 Å². The Morgan fingerprint density at radius 1 is 1.19 bits per heavy atom. The zero-order valence-electron chi connectivity index (χ0n) is 15.7. The number of ether oxygens (including phenoxy) is 1. The van der Waals surface area contributed by atoms with Gasteiger partial charge in [-0.3, -0.25) is 9.59 Å². The molecule has 2 aliphatic rings. The van der Waals surface area contributed by atoms with Gasteiger partial charge in [-0.15, -0.1) is 0 Å². The Hall–Kier alpha value is -1.62. The molecule has 2 N–H and O–H groups in total. The highest BCUT2D eigenvalue weighted by Gasteiger charge is 2.39. The molecule has 1 saturated carbocycles. The molecule has 0 aromatic rings. The predicted octanol–water partition coefficient (Wildman–Crippen LogP) is 3.72. The lowest BCUT2D eigenvalue weighted by Gasteiger charge is -2.44. The average Bonchev–Trinajstić information content (AvgIpc) is 2.63. The Kier molecular flexibility index (Phi) is 8.36. The second kappa shape index (κ2) is 10.5. The van der Waals surface area contributed by atoms with Gasteiger partial charge in [0.2, 0.25) is 0 Å². The van der Waals surface area contributed by atoms with E-state index in [0.717, 1.165) is 32.1 Å². The van der Waals surface area contributed by atoms with E-state index in [-0.39, 0.29) is 19.4 Å². The lowest BCUT2D eigenvalue weighted by atomic mass is 9.62. The van der Waals surface area contributed by atoms with Gasteiger partial charge in [0.15, 0.2) is 0 Å². The van der Waals surface area contributed by atoms with Crippen molar-refractivity contribution in [1.29, 1.82) is 0 Å². The molecule has 0 aromatic carbocycles. The van der Waals surface area contributed by atoms with Crippen molar-refractivity contribution in [3.05, 3.63) is 23.8 Å². The normalized spacial score (nSPS) is 28.5. The number of carbonyl (C=O) groups excluding carboxylic acids is 1. The van der Waals surface area contributed by atoms with E-state index in [1.807, 2.05) is 6.08 Å². The molecule has 2 aliphatic carbocycles. The van der Waals surface area contributed by atoms with Gasteiger partial charge in [0.05, 0.1) is 26.1 Å². The molecule has 0 saturated heterocycles. The van der Waals surface area contributed by atoms with Crippen molar-refractivity contribution in [1.82, 2.24) is 0 Å². The average molecular weight is 364 g/mol. The summed E-state index contributed by atoms with van der Waals surface area (Å²) in [7, 11) is 0. The molecular formula is C21H32O5.